The van der Waals surface area contributed by atoms with Gasteiger partial charge in [0.05, 0.1) is 5.69 Å². The molecule has 1 saturated heterocycles. The number of benzene rings is 1. The largest absolute Gasteiger partial charge is 0.480 e. The van der Waals surface area contributed by atoms with Gasteiger partial charge in [-0.3, -0.25) is 9.52 Å². The van der Waals surface area contributed by atoms with Gasteiger partial charge in [-0.25, -0.2) is 0 Å². The Labute approximate surface area is 132 Å². The highest BCUT2D eigenvalue weighted by atomic mass is 79.9. The maximum atomic E-state index is 12.4. The van der Waals surface area contributed by atoms with Gasteiger partial charge < -0.3 is 5.11 Å². The van der Waals surface area contributed by atoms with E-state index in [1.54, 1.807) is 12.1 Å². The lowest BCUT2D eigenvalue weighted by Gasteiger charge is -2.31. The van der Waals surface area contributed by atoms with Gasteiger partial charge in [-0.15, -0.1) is 0 Å². The van der Waals surface area contributed by atoms with Crippen LogP contribution in [0.25, 0.3) is 0 Å². The number of carbonyl (C=O) groups is 1. The zero-order valence-electron chi connectivity index (χ0n) is 11.5. The number of hydrogen-bond donors (Lipinski definition) is 2. The Morgan fingerprint density at radius 3 is 2.71 bits per heavy atom. The van der Waals surface area contributed by atoms with Crippen LogP contribution in [0.1, 0.15) is 24.8 Å². The zero-order chi connectivity index (χ0) is 15.6. The minimum Gasteiger partial charge on any atom is -0.480 e. The fourth-order valence-electron chi connectivity index (χ4n) is 2.44. The Kier molecular flexibility index (Phi) is 4.90. The van der Waals surface area contributed by atoms with Crippen LogP contribution in [0.15, 0.2) is 22.7 Å². The Morgan fingerprint density at radius 1 is 1.38 bits per heavy atom. The molecule has 1 aliphatic heterocycles. The van der Waals surface area contributed by atoms with Gasteiger partial charge in [-0.1, -0.05) is 15.9 Å². The number of halogens is 1. The molecule has 21 heavy (non-hydrogen) atoms. The lowest BCUT2D eigenvalue weighted by molar-refractivity contribution is -0.142. The highest BCUT2D eigenvalue weighted by Crippen LogP contribution is 2.24. The first-order valence-corrected chi connectivity index (χ1v) is 8.82. The summed E-state index contributed by atoms with van der Waals surface area (Å²) < 4.78 is 29.1. The van der Waals surface area contributed by atoms with Crippen LogP contribution in [0.2, 0.25) is 0 Å². The molecule has 1 aromatic carbocycles. The fourth-order valence-corrected chi connectivity index (χ4v) is 4.48. The van der Waals surface area contributed by atoms with Gasteiger partial charge in [0.2, 0.25) is 0 Å². The summed E-state index contributed by atoms with van der Waals surface area (Å²) in [6.07, 6.45) is 1.73. The number of anilines is 1. The van der Waals surface area contributed by atoms with Crippen molar-refractivity contribution in [3.05, 3.63) is 28.2 Å². The molecule has 2 rings (SSSR count). The van der Waals surface area contributed by atoms with Gasteiger partial charge in [0.25, 0.3) is 0 Å². The van der Waals surface area contributed by atoms with Crippen LogP contribution in [-0.4, -0.2) is 36.4 Å². The van der Waals surface area contributed by atoms with E-state index in [2.05, 4.69) is 20.7 Å². The maximum Gasteiger partial charge on any atom is 0.322 e. The van der Waals surface area contributed by atoms with Crippen molar-refractivity contribution in [1.82, 2.24) is 4.31 Å². The number of piperidine rings is 1. The van der Waals surface area contributed by atoms with Crippen LogP contribution in [0.3, 0.4) is 0 Å². The molecule has 1 heterocycles. The van der Waals surface area contributed by atoms with Gasteiger partial charge in [0.1, 0.15) is 6.04 Å². The predicted molar refractivity (Wildman–Crippen MR) is 83.4 cm³/mol. The van der Waals surface area contributed by atoms with Crippen molar-refractivity contribution in [2.24, 2.45) is 0 Å². The van der Waals surface area contributed by atoms with E-state index in [-0.39, 0.29) is 6.54 Å². The molecule has 0 bridgehead atoms. The molecule has 1 atom stereocenters. The molecule has 8 heteroatoms. The van der Waals surface area contributed by atoms with Gasteiger partial charge in [-0.05, 0) is 49.9 Å². The molecular formula is C13H17BrN2O4S. The minimum atomic E-state index is -3.88. The molecule has 1 fully saturated rings. The lowest BCUT2D eigenvalue weighted by Crippen LogP contribution is -2.49. The van der Waals surface area contributed by atoms with Crippen LogP contribution >= 0.6 is 15.9 Å². The molecule has 116 valence electrons. The number of carboxylic acids is 1. The average Bonchev–Trinajstić information content (AvgIpc) is 2.36. The summed E-state index contributed by atoms with van der Waals surface area (Å²) in [6.45, 7) is 2.07. The molecule has 1 unspecified atom stereocenters. The molecule has 2 N–H and O–H groups in total. The molecule has 1 aromatic rings. The Bertz CT molecular complexity index is 627. The van der Waals surface area contributed by atoms with E-state index in [0.717, 1.165) is 20.8 Å². The molecule has 0 aliphatic carbocycles. The summed E-state index contributed by atoms with van der Waals surface area (Å²) in [4.78, 5) is 11.2. The van der Waals surface area contributed by atoms with Crippen molar-refractivity contribution in [2.45, 2.75) is 32.2 Å². The molecule has 0 spiro atoms. The van der Waals surface area contributed by atoms with Crippen molar-refractivity contribution in [3.8, 4) is 0 Å². The minimum absolute atomic E-state index is 0.222. The highest BCUT2D eigenvalue weighted by Gasteiger charge is 2.36. The Balaban J connectivity index is 2.26. The normalized spacial score (nSPS) is 20.2. The highest BCUT2D eigenvalue weighted by molar-refractivity contribution is 9.10. The topological polar surface area (TPSA) is 86.7 Å². The second-order valence-electron chi connectivity index (χ2n) is 5.08. The molecule has 0 aromatic heterocycles. The Morgan fingerprint density at radius 2 is 2.10 bits per heavy atom. The van der Waals surface area contributed by atoms with E-state index < -0.39 is 22.2 Å². The first-order chi connectivity index (χ1) is 9.79. The lowest BCUT2D eigenvalue weighted by atomic mass is 10.1. The predicted octanol–water partition coefficient (Wildman–Crippen LogP) is 2.35. The van der Waals surface area contributed by atoms with E-state index in [4.69, 9.17) is 0 Å². The zero-order valence-corrected chi connectivity index (χ0v) is 13.9. The first kappa shape index (κ1) is 16.3. The number of nitrogens with zero attached hydrogens (tertiary/aromatic N) is 1. The molecule has 0 radical (unpaired) electrons. The van der Waals surface area contributed by atoms with Gasteiger partial charge in [-0.2, -0.15) is 12.7 Å². The smallest absolute Gasteiger partial charge is 0.322 e. The van der Waals surface area contributed by atoms with Crippen LogP contribution in [-0.2, 0) is 15.0 Å². The molecular weight excluding hydrogens is 360 g/mol. The summed E-state index contributed by atoms with van der Waals surface area (Å²) in [5.74, 6) is -1.11. The fraction of sp³-hybridized carbons (Fsp3) is 0.462. The number of carboxylic acid groups (broad SMARTS) is 1. The summed E-state index contributed by atoms with van der Waals surface area (Å²) in [6, 6.07) is 4.20. The number of rotatable bonds is 4. The molecule has 0 amide bonds. The number of hydrogen-bond acceptors (Lipinski definition) is 3. The van der Waals surface area contributed by atoms with Crippen LogP contribution < -0.4 is 4.72 Å². The van der Waals surface area contributed by atoms with Gasteiger partial charge >= 0.3 is 16.2 Å². The quantitative estimate of drug-likeness (QED) is 0.844. The van der Waals surface area contributed by atoms with Gasteiger partial charge in [0.15, 0.2) is 0 Å². The van der Waals surface area contributed by atoms with Crippen molar-refractivity contribution < 1.29 is 18.3 Å². The van der Waals surface area contributed by atoms with E-state index in [1.807, 2.05) is 13.0 Å². The van der Waals surface area contributed by atoms with Crippen LogP contribution in [0.4, 0.5) is 5.69 Å². The van der Waals surface area contributed by atoms with Crippen molar-refractivity contribution in [1.29, 1.82) is 0 Å². The summed E-state index contributed by atoms with van der Waals surface area (Å²) in [5.41, 5.74) is 1.31. The molecule has 1 aliphatic rings. The Hall–Kier alpha value is -1.12. The summed E-state index contributed by atoms with van der Waals surface area (Å²) in [5, 5.41) is 9.18. The standard InChI is InChI=1S/C13H17BrN2O4S/c1-9-6-10(14)8-11(7-9)15-21(19,20)16-5-3-2-4-12(16)13(17)18/h6-8,12,15H,2-5H2,1H3,(H,17,18). The third-order valence-electron chi connectivity index (χ3n) is 3.34. The number of aryl methyl sites for hydroxylation is 1. The molecule has 0 saturated carbocycles. The van der Waals surface area contributed by atoms with Gasteiger partial charge in [0, 0.05) is 11.0 Å². The van der Waals surface area contributed by atoms with E-state index in [0.29, 0.717) is 18.5 Å². The van der Waals surface area contributed by atoms with Crippen molar-refractivity contribution in [2.75, 3.05) is 11.3 Å². The monoisotopic (exact) mass is 376 g/mol. The first-order valence-electron chi connectivity index (χ1n) is 6.59. The van der Waals surface area contributed by atoms with Crippen molar-refractivity contribution >= 4 is 37.8 Å². The summed E-state index contributed by atoms with van der Waals surface area (Å²) in [7, 11) is -3.88. The third-order valence-corrected chi connectivity index (χ3v) is 5.34. The second-order valence-corrected chi connectivity index (χ2v) is 7.62. The number of aliphatic carboxylic acids is 1. The van der Waals surface area contributed by atoms with Crippen LogP contribution in [0.5, 0.6) is 0 Å². The van der Waals surface area contributed by atoms with E-state index >= 15 is 0 Å². The van der Waals surface area contributed by atoms with E-state index in [1.165, 1.54) is 0 Å². The van der Waals surface area contributed by atoms with Crippen LogP contribution in [0, 0.1) is 6.92 Å². The van der Waals surface area contributed by atoms with E-state index in [9.17, 15) is 18.3 Å². The molecule has 6 nitrogen and oxygen atoms in total. The summed E-state index contributed by atoms with van der Waals surface area (Å²) >= 11 is 3.31. The second kappa shape index (κ2) is 6.33. The average molecular weight is 377 g/mol. The SMILES string of the molecule is Cc1cc(Br)cc(NS(=O)(=O)N2CCCCC2C(=O)O)c1. The number of nitrogens with one attached hydrogen (secondary N) is 1. The third kappa shape index (κ3) is 3.96. The van der Waals surface area contributed by atoms with Crippen molar-refractivity contribution in [3.63, 3.8) is 0 Å². The maximum absolute atomic E-state index is 12.4.